The molecule has 0 amide bonds. The first-order valence-electron chi connectivity index (χ1n) is 10.8. The van der Waals surface area contributed by atoms with Gasteiger partial charge in [0.05, 0.1) is 18.1 Å². The Kier molecular flexibility index (Phi) is 6.76. The Hall–Kier alpha value is -3.95. The van der Waals surface area contributed by atoms with Crippen molar-refractivity contribution in [3.05, 3.63) is 99.9 Å². The van der Waals surface area contributed by atoms with Crippen LogP contribution in [-0.4, -0.2) is 12.6 Å². The van der Waals surface area contributed by atoms with Gasteiger partial charge in [0.15, 0.2) is 0 Å². The van der Waals surface area contributed by atoms with Gasteiger partial charge in [0.25, 0.3) is 0 Å². The maximum absolute atomic E-state index is 12.6. The highest BCUT2D eigenvalue weighted by Crippen LogP contribution is 2.43. The molecule has 0 bridgehead atoms. The number of allylic oxidation sites excluding steroid dienone is 1. The van der Waals surface area contributed by atoms with E-state index < -0.39 is 11.9 Å². The molecule has 0 spiro atoms. The Morgan fingerprint density at radius 1 is 1.09 bits per heavy atom. The van der Waals surface area contributed by atoms with Crippen molar-refractivity contribution in [2.75, 3.05) is 6.61 Å². The molecule has 1 unspecified atom stereocenters. The van der Waals surface area contributed by atoms with E-state index in [2.05, 4.69) is 19.9 Å². The van der Waals surface area contributed by atoms with E-state index in [1.807, 2.05) is 12.1 Å². The van der Waals surface area contributed by atoms with Crippen molar-refractivity contribution in [2.24, 2.45) is 11.7 Å². The predicted octanol–water partition coefficient (Wildman–Crippen LogP) is 5.81. The van der Waals surface area contributed by atoms with Crippen LogP contribution in [0.15, 0.2) is 78.2 Å². The van der Waals surface area contributed by atoms with Gasteiger partial charge in [0.1, 0.15) is 28.9 Å². The fourth-order valence-corrected chi connectivity index (χ4v) is 3.74. The second kappa shape index (κ2) is 9.90. The summed E-state index contributed by atoms with van der Waals surface area (Å²) in [4.78, 5) is 12.6. The average molecular weight is 475 g/mol. The quantitative estimate of drug-likeness (QED) is 0.357. The van der Waals surface area contributed by atoms with Gasteiger partial charge < -0.3 is 19.9 Å². The van der Waals surface area contributed by atoms with Crippen molar-refractivity contribution in [3.63, 3.8) is 0 Å². The summed E-state index contributed by atoms with van der Waals surface area (Å²) in [5, 5.41) is 10.3. The molecule has 2 N–H and O–H groups in total. The lowest BCUT2D eigenvalue weighted by Gasteiger charge is -2.26. The minimum Gasteiger partial charge on any atom is -0.493 e. The van der Waals surface area contributed by atoms with Gasteiger partial charge in [-0.1, -0.05) is 43.6 Å². The molecule has 3 aromatic rings. The van der Waals surface area contributed by atoms with Crippen molar-refractivity contribution >= 4 is 17.6 Å². The SMILES string of the molecule is CC(C)COc1ccc(C(=O)Oc2ccc3c(c2)OC(N)=C(C#N)C3c2ccc(Cl)cc2)cc1. The van der Waals surface area contributed by atoms with E-state index in [0.717, 1.165) is 11.1 Å². The molecule has 172 valence electrons. The summed E-state index contributed by atoms with van der Waals surface area (Å²) in [7, 11) is 0. The van der Waals surface area contributed by atoms with Gasteiger partial charge in [-0.3, -0.25) is 0 Å². The van der Waals surface area contributed by atoms with Crippen LogP contribution in [0.25, 0.3) is 0 Å². The first kappa shape index (κ1) is 23.2. The Balaban J connectivity index is 1.56. The summed E-state index contributed by atoms with van der Waals surface area (Å²) in [6.45, 7) is 4.73. The lowest BCUT2D eigenvalue weighted by Crippen LogP contribution is -2.21. The fourth-order valence-electron chi connectivity index (χ4n) is 3.61. The largest absolute Gasteiger partial charge is 0.493 e. The first-order chi connectivity index (χ1) is 16.4. The zero-order valence-electron chi connectivity index (χ0n) is 18.7. The van der Waals surface area contributed by atoms with Gasteiger partial charge in [-0.15, -0.1) is 0 Å². The molecule has 1 heterocycles. The number of ether oxygens (including phenoxy) is 3. The summed E-state index contributed by atoms with van der Waals surface area (Å²) in [6, 6.07) is 21.2. The van der Waals surface area contributed by atoms with Crippen LogP contribution in [0.5, 0.6) is 17.2 Å². The number of fused-ring (bicyclic) bond motifs is 1. The minimum absolute atomic E-state index is 0.00964. The molecule has 0 radical (unpaired) electrons. The molecule has 0 saturated carbocycles. The second-order valence-electron chi connectivity index (χ2n) is 8.29. The molecule has 3 aromatic carbocycles. The molecule has 4 rings (SSSR count). The Morgan fingerprint density at radius 2 is 1.76 bits per heavy atom. The Labute approximate surface area is 203 Å². The molecule has 6 nitrogen and oxygen atoms in total. The van der Waals surface area contributed by atoms with Crippen LogP contribution in [0.4, 0.5) is 0 Å². The van der Waals surface area contributed by atoms with Crippen LogP contribution in [0.2, 0.25) is 5.02 Å². The normalized spacial score (nSPS) is 14.7. The number of hydrogen-bond acceptors (Lipinski definition) is 6. The summed E-state index contributed by atoms with van der Waals surface area (Å²) in [6.07, 6.45) is 0. The predicted molar refractivity (Wildman–Crippen MR) is 129 cm³/mol. The number of nitrogens with zero attached hydrogens (tertiary/aromatic N) is 1. The molecule has 1 atom stereocenters. The van der Waals surface area contributed by atoms with Crippen LogP contribution in [-0.2, 0) is 0 Å². The molecular weight excluding hydrogens is 452 g/mol. The fraction of sp³-hybridized carbons (Fsp3) is 0.185. The van der Waals surface area contributed by atoms with Crippen LogP contribution in [0.3, 0.4) is 0 Å². The smallest absolute Gasteiger partial charge is 0.343 e. The highest BCUT2D eigenvalue weighted by atomic mass is 35.5. The maximum atomic E-state index is 12.6. The lowest BCUT2D eigenvalue weighted by molar-refractivity contribution is 0.0734. The third-order valence-corrected chi connectivity index (χ3v) is 5.53. The van der Waals surface area contributed by atoms with Crippen molar-refractivity contribution < 1.29 is 19.0 Å². The monoisotopic (exact) mass is 474 g/mol. The second-order valence-corrected chi connectivity index (χ2v) is 8.73. The van der Waals surface area contributed by atoms with E-state index in [1.165, 1.54) is 0 Å². The highest BCUT2D eigenvalue weighted by Gasteiger charge is 2.31. The van der Waals surface area contributed by atoms with Crippen molar-refractivity contribution in [2.45, 2.75) is 19.8 Å². The maximum Gasteiger partial charge on any atom is 0.343 e. The van der Waals surface area contributed by atoms with Gasteiger partial charge in [-0.25, -0.2) is 4.79 Å². The van der Waals surface area contributed by atoms with E-state index in [9.17, 15) is 10.1 Å². The summed E-state index contributed by atoms with van der Waals surface area (Å²) in [5.74, 6) is 0.886. The third-order valence-electron chi connectivity index (χ3n) is 5.28. The van der Waals surface area contributed by atoms with Gasteiger partial charge in [-0.2, -0.15) is 5.26 Å². The van der Waals surface area contributed by atoms with Gasteiger partial charge in [0.2, 0.25) is 5.88 Å². The number of nitriles is 1. The van der Waals surface area contributed by atoms with Crippen molar-refractivity contribution in [3.8, 4) is 23.3 Å². The molecule has 0 aromatic heterocycles. The summed E-state index contributed by atoms with van der Waals surface area (Å²) < 4.78 is 16.9. The number of carbonyl (C=O) groups excluding carboxylic acids is 1. The Morgan fingerprint density at radius 3 is 2.41 bits per heavy atom. The third kappa shape index (κ3) is 5.00. The lowest BCUT2D eigenvalue weighted by atomic mass is 9.83. The van der Waals surface area contributed by atoms with Gasteiger partial charge in [0, 0.05) is 16.7 Å². The number of esters is 1. The van der Waals surface area contributed by atoms with Crippen LogP contribution < -0.4 is 19.9 Å². The Bertz CT molecular complexity index is 1280. The van der Waals surface area contributed by atoms with Gasteiger partial charge in [-0.05, 0) is 53.9 Å². The van der Waals surface area contributed by atoms with Crippen LogP contribution in [0, 0.1) is 17.2 Å². The molecule has 0 fully saturated rings. The van der Waals surface area contributed by atoms with E-state index in [0.29, 0.717) is 45.9 Å². The number of rotatable bonds is 6. The number of benzene rings is 3. The highest BCUT2D eigenvalue weighted by molar-refractivity contribution is 6.30. The van der Waals surface area contributed by atoms with Crippen LogP contribution in [0.1, 0.15) is 41.3 Å². The van der Waals surface area contributed by atoms with E-state index in [-0.39, 0.29) is 5.88 Å². The number of carbonyl (C=O) groups is 1. The average Bonchev–Trinajstić information content (AvgIpc) is 2.82. The van der Waals surface area contributed by atoms with Crippen LogP contribution >= 0.6 is 11.6 Å². The number of hydrogen-bond donors (Lipinski definition) is 1. The van der Waals surface area contributed by atoms with Crippen molar-refractivity contribution in [1.29, 1.82) is 5.26 Å². The summed E-state index contributed by atoms with van der Waals surface area (Å²) >= 11 is 6.02. The zero-order chi connectivity index (χ0) is 24.2. The standard InChI is InChI=1S/C27H23ClN2O4/c1-16(2)15-32-20-9-5-18(6-10-20)27(31)33-21-11-12-22-24(13-21)34-26(30)23(14-29)25(22)17-3-7-19(28)8-4-17/h3-13,16,25H,15,30H2,1-2H3. The molecule has 1 aliphatic rings. The van der Waals surface area contributed by atoms with E-state index in [1.54, 1.807) is 54.6 Å². The van der Waals surface area contributed by atoms with Gasteiger partial charge >= 0.3 is 5.97 Å². The minimum atomic E-state index is -0.512. The molecule has 1 aliphatic heterocycles. The molecule has 0 saturated heterocycles. The number of nitrogens with two attached hydrogens (primary N) is 1. The van der Waals surface area contributed by atoms with Crippen molar-refractivity contribution in [1.82, 2.24) is 0 Å². The molecular formula is C27H23ClN2O4. The first-order valence-corrected chi connectivity index (χ1v) is 11.2. The molecule has 34 heavy (non-hydrogen) atoms. The molecule has 7 heteroatoms. The van der Waals surface area contributed by atoms with E-state index >= 15 is 0 Å². The molecule has 0 aliphatic carbocycles. The number of halogens is 1. The summed E-state index contributed by atoms with van der Waals surface area (Å²) in [5.41, 5.74) is 8.33. The zero-order valence-corrected chi connectivity index (χ0v) is 19.5. The van der Waals surface area contributed by atoms with E-state index in [4.69, 9.17) is 31.5 Å². The topological polar surface area (TPSA) is 94.6 Å².